The van der Waals surface area contributed by atoms with Crippen molar-refractivity contribution < 1.29 is 0 Å². The summed E-state index contributed by atoms with van der Waals surface area (Å²) in [6.45, 7) is 4.63. The van der Waals surface area contributed by atoms with Crippen molar-refractivity contribution >= 4 is 16.5 Å². The first-order valence-electron chi connectivity index (χ1n) is 23.6. The molecule has 0 aliphatic carbocycles. The van der Waals surface area contributed by atoms with Crippen molar-refractivity contribution in [1.82, 2.24) is 0 Å². The van der Waals surface area contributed by atoms with Gasteiger partial charge in [0, 0.05) is 0 Å². The number of hydrogen-bond acceptors (Lipinski definition) is 0. The molecule has 0 aromatic heterocycles. The van der Waals surface area contributed by atoms with Crippen molar-refractivity contribution in [2.24, 2.45) is 0 Å². The second kappa shape index (κ2) is 47.9. The second-order valence-electron chi connectivity index (χ2n) is 16.2. The van der Waals surface area contributed by atoms with Crippen LogP contribution < -0.4 is 0 Å². The van der Waals surface area contributed by atoms with Gasteiger partial charge in [-0.2, -0.15) is 0 Å². The molecule has 1 atom stereocenters. The van der Waals surface area contributed by atoms with Crippen molar-refractivity contribution in [2.45, 2.75) is 284 Å². The Balaban J connectivity index is 3.04. The third-order valence-electron chi connectivity index (χ3n) is 11.2. The summed E-state index contributed by atoms with van der Waals surface area (Å²) in [5.41, 5.74) is 0. The molecule has 0 fully saturated rings. The molecule has 1 unspecified atom stereocenters. The van der Waals surface area contributed by atoms with Crippen LogP contribution in [0.3, 0.4) is 0 Å². The zero-order valence-corrected chi connectivity index (χ0v) is 36.7. The van der Waals surface area contributed by atoms with Crippen LogP contribution in [0.5, 0.6) is 0 Å². The van der Waals surface area contributed by atoms with E-state index in [1.165, 1.54) is 265 Å². The van der Waals surface area contributed by atoms with Crippen LogP contribution >= 0.6 is 16.5 Å². The van der Waals surface area contributed by atoms with Gasteiger partial charge in [-0.25, -0.2) is 0 Å². The van der Waals surface area contributed by atoms with Crippen LogP contribution in [-0.2, 0) is 0 Å². The molecule has 0 N–H and O–H groups in total. The summed E-state index contributed by atoms with van der Waals surface area (Å²) in [4.78, 5) is 0. The molecule has 0 amide bonds. The molecule has 0 saturated heterocycles. The Bertz CT molecular complexity index is 474. The van der Waals surface area contributed by atoms with Crippen molar-refractivity contribution in [3.05, 3.63) is 0 Å². The first-order valence-corrected chi connectivity index (χ1v) is 28.2. The van der Waals surface area contributed by atoms with E-state index >= 15 is 0 Å². The van der Waals surface area contributed by atoms with Crippen LogP contribution in [0.2, 0.25) is 0 Å². The van der Waals surface area contributed by atoms with Crippen molar-refractivity contribution in [2.75, 3.05) is 12.3 Å². The predicted molar refractivity (Wildman–Crippen MR) is 234 cm³/mol. The number of rotatable bonds is 45. The van der Waals surface area contributed by atoms with Crippen LogP contribution in [0.15, 0.2) is 0 Å². The fourth-order valence-electron chi connectivity index (χ4n) is 7.67. The normalized spacial score (nSPS) is 12.0. The van der Waals surface area contributed by atoms with E-state index in [1.807, 2.05) is 0 Å². The fourth-order valence-corrected chi connectivity index (χ4v) is 12.3. The van der Waals surface area contributed by atoms with Gasteiger partial charge in [0.1, 0.15) is 0 Å². The Labute approximate surface area is 311 Å². The average molecular weight is 713 g/mol. The van der Waals surface area contributed by atoms with Crippen molar-refractivity contribution in [1.29, 1.82) is 0 Å². The molecule has 0 spiro atoms. The van der Waals surface area contributed by atoms with Gasteiger partial charge in [0.25, 0.3) is 0 Å². The quantitative estimate of drug-likeness (QED) is 0.0435. The van der Waals surface area contributed by atoms with Crippen LogP contribution in [0.1, 0.15) is 284 Å². The molecule has 0 aromatic carbocycles. The Hall–Kier alpha value is 0.860. The van der Waals surface area contributed by atoms with Gasteiger partial charge in [-0.15, -0.1) is 0 Å². The Morgan fingerprint density at radius 3 is 0.646 bits per heavy atom. The van der Waals surface area contributed by atoms with Gasteiger partial charge < -0.3 is 0 Å². The topological polar surface area (TPSA) is 0 Å². The Morgan fingerprint density at radius 2 is 0.417 bits per heavy atom. The molecule has 0 bridgehead atoms. The van der Waals surface area contributed by atoms with E-state index in [0.29, 0.717) is 8.27 Å². The van der Waals surface area contributed by atoms with Gasteiger partial charge in [0.05, 0.1) is 0 Å². The fraction of sp³-hybridized carbons (Fsp3) is 1.00. The van der Waals surface area contributed by atoms with Crippen LogP contribution in [0, 0.1) is 0 Å². The number of unbranched alkanes of at least 4 members (excludes halogenated alkanes) is 40. The SMILES string of the molecule is CCCCCCCCCCCCCCCCCCCCCCCP[PH3]CCCCCCCCCCCCCCCCCCCCCCC. The molecule has 48 heavy (non-hydrogen) atoms. The average Bonchev–Trinajstić information content (AvgIpc) is 3.10. The molecule has 0 aliphatic heterocycles. The molecule has 0 saturated carbocycles. The van der Waals surface area contributed by atoms with E-state index < -0.39 is 0 Å². The first-order chi connectivity index (χ1) is 23.9. The molecular weight excluding hydrogens is 614 g/mol. The van der Waals surface area contributed by atoms with Gasteiger partial charge in [-0.1, -0.05) is 149 Å². The summed E-state index contributed by atoms with van der Waals surface area (Å²) in [7, 11) is 1.69. The van der Waals surface area contributed by atoms with Crippen LogP contribution in [-0.4, -0.2) is 12.3 Å². The molecular formula is C46H98P2. The van der Waals surface area contributed by atoms with Gasteiger partial charge in [0.2, 0.25) is 0 Å². The molecule has 0 nitrogen and oxygen atoms in total. The third-order valence-corrected chi connectivity index (χ3v) is 16.3. The summed E-state index contributed by atoms with van der Waals surface area (Å²) in [6.07, 6.45) is 66.0. The summed E-state index contributed by atoms with van der Waals surface area (Å²) in [5.74, 6) is 0. The monoisotopic (exact) mass is 713 g/mol. The van der Waals surface area contributed by atoms with Crippen molar-refractivity contribution in [3.8, 4) is 0 Å². The molecule has 2 heteroatoms. The molecule has 292 valence electrons. The summed E-state index contributed by atoms with van der Waals surface area (Å²) in [6, 6.07) is 0. The standard InChI is InChI=1S/C46H98P2/c1-3-5-7-9-11-13-15-17-19-21-23-25-27-29-31-33-35-37-39-41-43-45-47-48-46-44-42-40-38-36-34-32-30-28-26-24-22-20-18-16-14-12-10-8-6-4-2/h47H,3-46H2,1-2,48H3. The molecule has 0 radical (unpaired) electrons. The van der Waals surface area contributed by atoms with Gasteiger partial charge >= 0.3 is 164 Å². The van der Waals surface area contributed by atoms with E-state index in [2.05, 4.69) is 13.8 Å². The third kappa shape index (κ3) is 46.9. The second-order valence-corrected chi connectivity index (χ2v) is 21.5. The van der Waals surface area contributed by atoms with E-state index in [1.54, 1.807) is 25.2 Å². The zero-order valence-electron chi connectivity index (χ0n) is 34.3. The molecule has 0 aromatic rings. The summed E-state index contributed by atoms with van der Waals surface area (Å²) in [5, 5.41) is 0. The van der Waals surface area contributed by atoms with E-state index in [9.17, 15) is 0 Å². The Kier molecular flexibility index (Phi) is 48.7. The zero-order chi connectivity index (χ0) is 34.5. The predicted octanol–water partition coefficient (Wildman–Crippen LogP) is 18.1. The van der Waals surface area contributed by atoms with E-state index in [-0.39, 0.29) is 0 Å². The smallest absolute Gasteiger partial charge is 0.0654 e. The number of hydrogen-bond donors (Lipinski definition) is 0. The maximum atomic E-state index is 2.31. The summed E-state index contributed by atoms with van der Waals surface area (Å²) < 4.78 is 0. The molecule has 0 aliphatic rings. The van der Waals surface area contributed by atoms with Gasteiger partial charge in [-0.3, -0.25) is 0 Å². The van der Waals surface area contributed by atoms with Crippen molar-refractivity contribution in [3.63, 3.8) is 0 Å². The van der Waals surface area contributed by atoms with Gasteiger partial charge in [-0.05, 0) is 0 Å². The van der Waals surface area contributed by atoms with E-state index in [4.69, 9.17) is 0 Å². The van der Waals surface area contributed by atoms with E-state index in [0.717, 1.165) is 0 Å². The molecule has 0 heterocycles. The minimum absolute atomic E-state index is 0.298. The molecule has 0 rings (SSSR count). The maximum absolute atomic E-state index is 2.31. The van der Waals surface area contributed by atoms with Gasteiger partial charge in [0.15, 0.2) is 0 Å². The minimum atomic E-state index is 0.298. The van der Waals surface area contributed by atoms with Crippen LogP contribution in [0.4, 0.5) is 0 Å². The summed E-state index contributed by atoms with van der Waals surface area (Å²) >= 11 is 0. The Morgan fingerprint density at radius 1 is 0.229 bits per heavy atom. The minimum Gasteiger partial charge on any atom is -0.0654 e. The first kappa shape index (κ1) is 48.9. The van der Waals surface area contributed by atoms with Crippen LogP contribution in [0.25, 0.3) is 0 Å².